The third-order valence-corrected chi connectivity index (χ3v) is 3.38. The number of urea groups is 1. The van der Waals surface area contributed by atoms with Crippen molar-refractivity contribution in [2.75, 3.05) is 25.0 Å². The van der Waals surface area contributed by atoms with Gasteiger partial charge >= 0.3 is 6.03 Å². The van der Waals surface area contributed by atoms with E-state index in [1.807, 2.05) is 36.1 Å². The molecule has 1 saturated heterocycles. The van der Waals surface area contributed by atoms with Crippen molar-refractivity contribution in [2.45, 2.75) is 19.8 Å². The molecular weight excluding hydrogens is 228 g/mol. The van der Waals surface area contributed by atoms with Crippen LogP contribution < -0.4 is 5.32 Å². The number of nitrogens with one attached hydrogen (secondary N) is 1. The Labute approximate surface area is 108 Å². The molecule has 4 nitrogen and oxygen atoms in total. The SMILES string of the molecule is Cc1cccc(NC(=O)N2CCC(CCO)C2)c1. The number of carbonyl (C=O) groups is 1. The second kappa shape index (κ2) is 5.87. The number of benzene rings is 1. The van der Waals surface area contributed by atoms with Crippen molar-refractivity contribution in [3.8, 4) is 0 Å². The van der Waals surface area contributed by atoms with Crippen LogP contribution in [0.5, 0.6) is 0 Å². The lowest BCUT2D eigenvalue weighted by atomic mass is 10.1. The van der Waals surface area contributed by atoms with Crippen molar-refractivity contribution in [2.24, 2.45) is 5.92 Å². The Kier molecular flexibility index (Phi) is 4.20. The number of hydrogen-bond acceptors (Lipinski definition) is 2. The third-order valence-electron chi connectivity index (χ3n) is 3.38. The molecule has 4 heteroatoms. The van der Waals surface area contributed by atoms with Gasteiger partial charge < -0.3 is 15.3 Å². The maximum atomic E-state index is 12.0. The number of anilines is 1. The van der Waals surface area contributed by atoms with Crippen molar-refractivity contribution in [1.29, 1.82) is 0 Å². The van der Waals surface area contributed by atoms with Crippen LogP contribution in [-0.4, -0.2) is 35.7 Å². The average Bonchev–Trinajstić information content (AvgIpc) is 2.78. The molecule has 1 unspecified atom stereocenters. The highest BCUT2D eigenvalue weighted by molar-refractivity contribution is 5.89. The maximum Gasteiger partial charge on any atom is 0.321 e. The average molecular weight is 248 g/mol. The molecule has 0 spiro atoms. The van der Waals surface area contributed by atoms with E-state index < -0.39 is 0 Å². The zero-order chi connectivity index (χ0) is 13.0. The monoisotopic (exact) mass is 248 g/mol. The molecule has 2 N–H and O–H groups in total. The van der Waals surface area contributed by atoms with Gasteiger partial charge in [-0.25, -0.2) is 4.79 Å². The van der Waals surface area contributed by atoms with Crippen LogP contribution in [0.3, 0.4) is 0 Å². The minimum atomic E-state index is -0.0407. The van der Waals surface area contributed by atoms with Gasteiger partial charge in [0.15, 0.2) is 0 Å². The van der Waals surface area contributed by atoms with Gasteiger partial charge in [0.05, 0.1) is 0 Å². The number of hydrogen-bond donors (Lipinski definition) is 2. The predicted molar refractivity (Wildman–Crippen MR) is 71.6 cm³/mol. The second-order valence-electron chi connectivity index (χ2n) is 4.91. The Hall–Kier alpha value is -1.55. The Bertz CT molecular complexity index is 420. The molecule has 2 amide bonds. The van der Waals surface area contributed by atoms with Gasteiger partial charge in [-0.3, -0.25) is 0 Å². The van der Waals surface area contributed by atoms with Crippen LogP contribution in [0.2, 0.25) is 0 Å². The molecule has 0 saturated carbocycles. The summed E-state index contributed by atoms with van der Waals surface area (Å²) in [6.45, 7) is 3.74. The molecule has 1 heterocycles. The molecule has 98 valence electrons. The van der Waals surface area contributed by atoms with Gasteiger partial charge in [0, 0.05) is 25.4 Å². The molecule has 1 aliphatic heterocycles. The van der Waals surface area contributed by atoms with Crippen molar-refractivity contribution < 1.29 is 9.90 Å². The molecule has 0 radical (unpaired) electrons. The Morgan fingerprint density at radius 1 is 1.56 bits per heavy atom. The van der Waals surface area contributed by atoms with E-state index in [4.69, 9.17) is 5.11 Å². The van der Waals surface area contributed by atoms with E-state index in [2.05, 4.69) is 5.32 Å². The topological polar surface area (TPSA) is 52.6 Å². The zero-order valence-electron chi connectivity index (χ0n) is 10.7. The van der Waals surface area contributed by atoms with Crippen LogP contribution in [0, 0.1) is 12.8 Å². The molecule has 1 atom stereocenters. The highest BCUT2D eigenvalue weighted by atomic mass is 16.3. The summed E-state index contributed by atoms with van der Waals surface area (Å²) in [5.74, 6) is 0.443. The highest BCUT2D eigenvalue weighted by Crippen LogP contribution is 2.20. The van der Waals surface area contributed by atoms with Gasteiger partial charge in [0.1, 0.15) is 0 Å². The summed E-state index contributed by atoms with van der Waals surface area (Å²) in [5, 5.41) is 11.8. The Morgan fingerprint density at radius 3 is 3.11 bits per heavy atom. The predicted octanol–water partition coefficient (Wildman–Crippen LogP) is 2.23. The van der Waals surface area contributed by atoms with Crippen LogP contribution in [-0.2, 0) is 0 Å². The fourth-order valence-corrected chi connectivity index (χ4v) is 2.36. The van der Waals surface area contributed by atoms with Crippen LogP contribution in [0.25, 0.3) is 0 Å². The van der Waals surface area contributed by atoms with Crippen molar-refractivity contribution in [1.82, 2.24) is 4.90 Å². The highest BCUT2D eigenvalue weighted by Gasteiger charge is 2.25. The molecule has 0 bridgehead atoms. The number of aliphatic hydroxyl groups is 1. The molecule has 0 aliphatic carbocycles. The lowest BCUT2D eigenvalue weighted by Crippen LogP contribution is -2.33. The summed E-state index contributed by atoms with van der Waals surface area (Å²) in [6.07, 6.45) is 1.77. The van der Waals surface area contributed by atoms with E-state index in [1.54, 1.807) is 0 Å². The molecule has 18 heavy (non-hydrogen) atoms. The summed E-state index contributed by atoms with van der Waals surface area (Å²) in [6, 6.07) is 7.75. The van der Waals surface area contributed by atoms with Crippen LogP contribution in [0.15, 0.2) is 24.3 Å². The molecule has 2 rings (SSSR count). The first-order valence-electron chi connectivity index (χ1n) is 6.42. The normalized spacial score (nSPS) is 19.0. The Morgan fingerprint density at radius 2 is 2.39 bits per heavy atom. The van der Waals surface area contributed by atoms with E-state index in [1.165, 1.54) is 0 Å². The molecule has 1 aromatic carbocycles. The first-order valence-corrected chi connectivity index (χ1v) is 6.42. The van der Waals surface area contributed by atoms with E-state index in [9.17, 15) is 4.79 Å². The first-order chi connectivity index (χ1) is 8.69. The van der Waals surface area contributed by atoms with Gasteiger partial charge in [-0.2, -0.15) is 0 Å². The number of aliphatic hydroxyl groups excluding tert-OH is 1. The minimum Gasteiger partial charge on any atom is -0.396 e. The van der Waals surface area contributed by atoms with Crippen molar-refractivity contribution in [3.63, 3.8) is 0 Å². The first kappa shape index (κ1) is 12.9. The number of amides is 2. The van der Waals surface area contributed by atoms with E-state index in [-0.39, 0.29) is 12.6 Å². The van der Waals surface area contributed by atoms with Crippen molar-refractivity contribution >= 4 is 11.7 Å². The molecule has 1 aromatic rings. The van der Waals surface area contributed by atoms with Crippen LogP contribution >= 0.6 is 0 Å². The number of likely N-dealkylation sites (tertiary alicyclic amines) is 1. The van der Waals surface area contributed by atoms with Gasteiger partial charge in [-0.15, -0.1) is 0 Å². The smallest absolute Gasteiger partial charge is 0.321 e. The Balaban J connectivity index is 1.89. The summed E-state index contributed by atoms with van der Waals surface area (Å²) in [4.78, 5) is 13.9. The number of nitrogens with zero attached hydrogens (tertiary/aromatic N) is 1. The van der Waals surface area contributed by atoms with E-state index in [0.717, 1.165) is 37.2 Å². The second-order valence-corrected chi connectivity index (χ2v) is 4.91. The number of rotatable bonds is 3. The minimum absolute atomic E-state index is 0.0407. The third kappa shape index (κ3) is 3.23. The number of aryl methyl sites for hydroxylation is 1. The lowest BCUT2D eigenvalue weighted by Gasteiger charge is -2.17. The summed E-state index contributed by atoms with van der Waals surface area (Å²) in [7, 11) is 0. The molecular formula is C14H20N2O2. The maximum absolute atomic E-state index is 12.0. The van der Waals surface area contributed by atoms with Gasteiger partial charge in [-0.1, -0.05) is 12.1 Å². The van der Waals surface area contributed by atoms with Gasteiger partial charge in [-0.05, 0) is 43.4 Å². The van der Waals surface area contributed by atoms with Gasteiger partial charge in [0.2, 0.25) is 0 Å². The lowest BCUT2D eigenvalue weighted by molar-refractivity contribution is 0.217. The quantitative estimate of drug-likeness (QED) is 0.862. The number of carbonyl (C=O) groups excluding carboxylic acids is 1. The summed E-state index contributed by atoms with van der Waals surface area (Å²) in [5.41, 5.74) is 1.97. The summed E-state index contributed by atoms with van der Waals surface area (Å²) >= 11 is 0. The van der Waals surface area contributed by atoms with E-state index >= 15 is 0 Å². The van der Waals surface area contributed by atoms with Crippen LogP contribution in [0.1, 0.15) is 18.4 Å². The van der Waals surface area contributed by atoms with Crippen molar-refractivity contribution in [3.05, 3.63) is 29.8 Å². The standard InChI is InChI=1S/C14H20N2O2/c1-11-3-2-4-13(9-11)15-14(18)16-7-5-12(10-16)6-8-17/h2-4,9,12,17H,5-8,10H2,1H3,(H,15,18). The fraction of sp³-hybridized carbons (Fsp3) is 0.500. The molecule has 1 aliphatic rings. The van der Waals surface area contributed by atoms with Crippen LogP contribution in [0.4, 0.5) is 10.5 Å². The fourth-order valence-electron chi connectivity index (χ4n) is 2.36. The van der Waals surface area contributed by atoms with Gasteiger partial charge in [0.25, 0.3) is 0 Å². The largest absolute Gasteiger partial charge is 0.396 e. The molecule has 0 aromatic heterocycles. The molecule has 1 fully saturated rings. The zero-order valence-corrected chi connectivity index (χ0v) is 10.7. The summed E-state index contributed by atoms with van der Waals surface area (Å²) < 4.78 is 0. The van der Waals surface area contributed by atoms with E-state index in [0.29, 0.717) is 5.92 Å².